The van der Waals surface area contributed by atoms with Crippen molar-refractivity contribution >= 4 is 17.3 Å². The van der Waals surface area contributed by atoms with E-state index in [-0.39, 0.29) is 16.3 Å². The molecule has 1 rings (SSSR count). The molecular formula is C8H7ClF3NO. The quantitative estimate of drug-likeness (QED) is 0.721. The van der Waals surface area contributed by atoms with Crippen LogP contribution < -0.4 is 5.73 Å². The van der Waals surface area contributed by atoms with Gasteiger partial charge >= 0.3 is 6.18 Å². The van der Waals surface area contributed by atoms with Crippen molar-refractivity contribution < 1.29 is 18.3 Å². The molecular weight excluding hydrogens is 219 g/mol. The van der Waals surface area contributed by atoms with E-state index >= 15 is 0 Å². The minimum atomic E-state index is -4.48. The highest BCUT2D eigenvalue weighted by Crippen LogP contribution is 2.34. The topological polar surface area (TPSA) is 46.2 Å². The van der Waals surface area contributed by atoms with Crippen molar-refractivity contribution in [1.82, 2.24) is 0 Å². The Bertz CT molecular complexity index is 351. The molecule has 0 bridgehead atoms. The summed E-state index contributed by atoms with van der Waals surface area (Å²) in [5.41, 5.74) is 4.12. The maximum atomic E-state index is 12.2. The van der Waals surface area contributed by atoms with Crippen molar-refractivity contribution in [1.29, 1.82) is 0 Å². The average molecular weight is 226 g/mol. The van der Waals surface area contributed by atoms with E-state index in [4.69, 9.17) is 22.4 Å². The zero-order valence-electron chi connectivity index (χ0n) is 6.90. The van der Waals surface area contributed by atoms with Crippen molar-refractivity contribution in [2.24, 2.45) is 0 Å². The van der Waals surface area contributed by atoms with Crippen LogP contribution in [-0.4, -0.2) is 5.11 Å². The number of aliphatic hydroxyl groups excluding tert-OH is 1. The third-order valence-corrected chi connectivity index (χ3v) is 2.13. The monoisotopic (exact) mass is 225 g/mol. The van der Waals surface area contributed by atoms with Gasteiger partial charge in [0.1, 0.15) is 0 Å². The van der Waals surface area contributed by atoms with Crippen LogP contribution in [0.1, 0.15) is 11.1 Å². The number of anilines is 1. The molecule has 0 heterocycles. The normalized spacial score (nSPS) is 11.8. The van der Waals surface area contributed by atoms with E-state index < -0.39 is 18.3 Å². The summed E-state index contributed by atoms with van der Waals surface area (Å²) in [6, 6.07) is 1.51. The van der Waals surface area contributed by atoms with Gasteiger partial charge in [-0.15, -0.1) is 0 Å². The fourth-order valence-electron chi connectivity index (χ4n) is 0.988. The molecule has 0 aliphatic rings. The number of nitrogens with two attached hydrogens (primary N) is 1. The van der Waals surface area contributed by atoms with Gasteiger partial charge in [-0.25, -0.2) is 0 Å². The minimum Gasteiger partial charge on any atom is -0.398 e. The summed E-state index contributed by atoms with van der Waals surface area (Å²) in [5, 5.41) is 8.68. The van der Waals surface area contributed by atoms with Crippen LogP contribution >= 0.6 is 11.6 Å². The Morgan fingerprint density at radius 2 is 1.93 bits per heavy atom. The number of benzene rings is 1. The van der Waals surface area contributed by atoms with Crippen molar-refractivity contribution in [2.45, 2.75) is 12.8 Å². The highest BCUT2D eigenvalue weighted by Gasteiger charge is 2.31. The molecule has 1 aromatic rings. The zero-order valence-corrected chi connectivity index (χ0v) is 7.65. The van der Waals surface area contributed by atoms with E-state index in [0.717, 1.165) is 12.1 Å². The number of hydrogen-bond acceptors (Lipinski definition) is 2. The molecule has 0 aliphatic heterocycles. The highest BCUT2D eigenvalue weighted by atomic mass is 35.5. The number of alkyl halides is 3. The maximum Gasteiger partial charge on any atom is 0.416 e. The Balaban J connectivity index is 3.30. The van der Waals surface area contributed by atoms with E-state index in [1.165, 1.54) is 0 Å². The molecule has 0 fully saturated rings. The lowest BCUT2D eigenvalue weighted by atomic mass is 10.1. The Morgan fingerprint density at radius 1 is 1.36 bits per heavy atom. The summed E-state index contributed by atoms with van der Waals surface area (Å²) in [6.07, 6.45) is -4.48. The smallest absolute Gasteiger partial charge is 0.398 e. The summed E-state index contributed by atoms with van der Waals surface area (Å²) in [7, 11) is 0. The largest absolute Gasteiger partial charge is 0.416 e. The van der Waals surface area contributed by atoms with Gasteiger partial charge in [-0.3, -0.25) is 0 Å². The van der Waals surface area contributed by atoms with E-state index in [0.29, 0.717) is 0 Å². The van der Waals surface area contributed by atoms with Gasteiger partial charge in [0.15, 0.2) is 0 Å². The third-order valence-electron chi connectivity index (χ3n) is 1.67. The predicted octanol–water partition coefficient (Wildman–Crippen LogP) is 2.43. The highest BCUT2D eigenvalue weighted by molar-refractivity contribution is 6.33. The second-order valence-electron chi connectivity index (χ2n) is 2.69. The number of nitrogen functional groups attached to an aromatic ring is 1. The van der Waals surface area contributed by atoms with Crippen molar-refractivity contribution in [3.05, 3.63) is 28.3 Å². The SMILES string of the molecule is Nc1cc(C(F)(F)F)cc(CO)c1Cl. The Morgan fingerprint density at radius 3 is 2.36 bits per heavy atom. The Kier molecular flexibility index (Phi) is 2.92. The molecule has 3 N–H and O–H groups in total. The maximum absolute atomic E-state index is 12.2. The van der Waals surface area contributed by atoms with Crippen LogP contribution in [0.5, 0.6) is 0 Å². The molecule has 0 atom stereocenters. The fourth-order valence-corrected chi connectivity index (χ4v) is 1.16. The van der Waals surface area contributed by atoms with Crippen LogP contribution in [-0.2, 0) is 12.8 Å². The average Bonchev–Trinajstić information content (AvgIpc) is 2.07. The van der Waals surface area contributed by atoms with Gasteiger partial charge in [-0.1, -0.05) is 11.6 Å². The van der Waals surface area contributed by atoms with Crippen LogP contribution in [0.4, 0.5) is 18.9 Å². The lowest BCUT2D eigenvalue weighted by Crippen LogP contribution is -2.07. The Labute approximate surface area is 83.1 Å². The number of hydrogen-bond donors (Lipinski definition) is 2. The van der Waals surface area contributed by atoms with Gasteiger partial charge in [0.2, 0.25) is 0 Å². The first kappa shape index (κ1) is 11.1. The number of rotatable bonds is 1. The van der Waals surface area contributed by atoms with Crippen LogP contribution in [0.2, 0.25) is 5.02 Å². The molecule has 78 valence electrons. The first-order valence-electron chi connectivity index (χ1n) is 3.62. The van der Waals surface area contributed by atoms with Gasteiger partial charge in [0, 0.05) is 0 Å². The third kappa shape index (κ3) is 2.10. The van der Waals surface area contributed by atoms with Crippen LogP contribution in [0.3, 0.4) is 0 Å². The van der Waals surface area contributed by atoms with Crippen molar-refractivity contribution in [3.8, 4) is 0 Å². The van der Waals surface area contributed by atoms with Crippen LogP contribution in [0.15, 0.2) is 12.1 Å². The summed E-state index contributed by atoms with van der Waals surface area (Å²) < 4.78 is 36.7. The van der Waals surface area contributed by atoms with Gasteiger partial charge < -0.3 is 10.8 Å². The summed E-state index contributed by atoms with van der Waals surface area (Å²) in [5.74, 6) is 0. The molecule has 0 unspecified atom stereocenters. The first-order valence-corrected chi connectivity index (χ1v) is 4.00. The standard InChI is InChI=1S/C8H7ClF3NO/c9-7-4(3-14)1-5(2-6(7)13)8(10,11)12/h1-2,14H,3,13H2. The molecule has 0 aromatic heterocycles. The lowest BCUT2D eigenvalue weighted by Gasteiger charge is -2.11. The molecule has 0 saturated carbocycles. The van der Waals surface area contributed by atoms with E-state index in [1.807, 2.05) is 0 Å². The zero-order chi connectivity index (χ0) is 10.9. The molecule has 0 amide bonds. The second-order valence-corrected chi connectivity index (χ2v) is 3.07. The van der Waals surface area contributed by atoms with Crippen molar-refractivity contribution in [2.75, 3.05) is 5.73 Å². The lowest BCUT2D eigenvalue weighted by molar-refractivity contribution is -0.137. The molecule has 6 heteroatoms. The van der Waals surface area contributed by atoms with E-state index in [9.17, 15) is 13.2 Å². The van der Waals surface area contributed by atoms with Gasteiger partial charge in [-0.05, 0) is 17.7 Å². The van der Waals surface area contributed by atoms with Gasteiger partial charge in [0.05, 0.1) is 22.9 Å². The van der Waals surface area contributed by atoms with E-state index in [2.05, 4.69) is 0 Å². The molecule has 2 nitrogen and oxygen atoms in total. The minimum absolute atomic E-state index is 0.0287. The van der Waals surface area contributed by atoms with Crippen LogP contribution in [0, 0.1) is 0 Å². The van der Waals surface area contributed by atoms with Crippen LogP contribution in [0.25, 0.3) is 0 Å². The summed E-state index contributed by atoms with van der Waals surface area (Å²) in [6.45, 7) is -0.576. The number of aliphatic hydroxyl groups is 1. The summed E-state index contributed by atoms with van der Waals surface area (Å²) in [4.78, 5) is 0. The molecule has 0 spiro atoms. The molecule has 0 aliphatic carbocycles. The first-order chi connectivity index (χ1) is 6.36. The van der Waals surface area contributed by atoms with Crippen molar-refractivity contribution in [3.63, 3.8) is 0 Å². The number of halogens is 4. The summed E-state index contributed by atoms with van der Waals surface area (Å²) >= 11 is 5.56. The van der Waals surface area contributed by atoms with Gasteiger partial charge in [-0.2, -0.15) is 13.2 Å². The molecule has 0 radical (unpaired) electrons. The van der Waals surface area contributed by atoms with Gasteiger partial charge in [0.25, 0.3) is 0 Å². The molecule has 14 heavy (non-hydrogen) atoms. The fraction of sp³-hybridized carbons (Fsp3) is 0.250. The Hall–Kier alpha value is -0.940. The molecule has 0 saturated heterocycles. The van der Waals surface area contributed by atoms with E-state index in [1.54, 1.807) is 0 Å². The molecule has 1 aromatic carbocycles. The second kappa shape index (κ2) is 3.67. The predicted molar refractivity (Wildman–Crippen MR) is 46.8 cm³/mol.